The summed E-state index contributed by atoms with van der Waals surface area (Å²) in [4.78, 5) is 25.2. The third-order valence-corrected chi connectivity index (χ3v) is 3.66. The summed E-state index contributed by atoms with van der Waals surface area (Å²) in [6.07, 6.45) is 0. The van der Waals surface area contributed by atoms with Gasteiger partial charge in [0.1, 0.15) is 0 Å². The Labute approximate surface area is 130 Å². The lowest BCUT2D eigenvalue weighted by molar-refractivity contribution is -0.132. The molecule has 1 saturated heterocycles. The molecular formula is C14H24N2O4S. The number of rotatable bonds is 9. The molecule has 1 rings (SSSR count). The van der Waals surface area contributed by atoms with E-state index in [4.69, 9.17) is 9.47 Å². The molecule has 1 heterocycles. The summed E-state index contributed by atoms with van der Waals surface area (Å²) in [5, 5.41) is 2.75. The Morgan fingerprint density at radius 1 is 1.33 bits per heavy atom. The van der Waals surface area contributed by atoms with Gasteiger partial charge in [-0.3, -0.25) is 9.59 Å². The molecule has 0 aromatic carbocycles. The van der Waals surface area contributed by atoms with Gasteiger partial charge >= 0.3 is 0 Å². The first kappa shape index (κ1) is 18.0. The van der Waals surface area contributed by atoms with Crippen molar-refractivity contribution in [3.63, 3.8) is 0 Å². The van der Waals surface area contributed by atoms with E-state index < -0.39 is 0 Å². The predicted octanol–water partition coefficient (Wildman–Crippen LogP) is 0.287. The van der Waals surface area contributed by atoms with Gasteiger partial charge in [-0.1, -0.05) is 12.2 Å². The Hall–Kier alpha value is -1.05. The number of ether oxygens (including phenoxy) is 2. The molecule has 1 fully saturated rings. The fraction of sp³-hybridized carbons (Fsp3) is 0.714. The first-order chi connectivity index (χ1) is 10.1. The molecule has 0 aliphatic carbocycles. The van der Waals surface area contributed by atoms with Gasteiger partial charge in [0, 0.05) is 19.6 Å². The zero-order valence-electron chi connectivity index (χ0n) is 12.6. The van der Waals surface area contributed by atoms with Crippen molar-refractivity contribution in [3.8, 4) is 0 Å². The SMILES string of the molecule is C=C(C)COCCNC(=O)CSCC(=O)N1CCOCC1. The molecule has 0 bridgehead atoms. The van der Waals surface area contributed by atoms with Gasteiger partial charge in [-0.05, 0) is 6.92 Å². The maximum absolute atomic E-state index is 11.8. The molecule has 21 heavy (non-hydrogen) atoms. The second-order valence-corrected chi connectivity index (χ2v) is 5.83. The van der Waals surface area contributed by atoms with E-state index >= 15 is 0 Å². The third kappa shape index (κ3) is 8.75. The number of hydrogen-bond acceptors (Lipinski definition) is 5. The van der Waals surface area contributed by atoms with E-state index in [0.29, 0.717) is 51.8 Å². The largest absolute Gasteiger partial charge is 0.378 e. The van der Waals surface area contributed by atoms with Gasteiger partial charge < -0.3 is 19.7 Å². The van der Waals surface area contributed by atoms with Gasteiger partial charge in [0.05, 0.1) is 37.9 Å². The molecule has 0 atom stereocenters. The van der Waals surface area contributed by atoms with Crippen molar-refractivity contribution in [3.05, 3.63) is 12.2 Å². The Bertz CT molecular complexity index is 357. The van der Waals surface area contributed by atoms with E-state index in [9.17, 15) is 9.59 Å². The zero-order valence-corrected chi connectivity index (χ0v) is 13.4. The highest BCUT2D eigenvalue weighted by atomic mass is 32.2. The number of nitrogens with one attached hydrogen (secondary N) is 1. The quantitative estimate of drug-likeness (QED) is 0.489. The number of amides is 2. The summed E-state index contributed by atoms with van der Waals surface area (Å²) in [6.45, 7) is 9.56. The number of hydrogen-bond donors (Lipinski definition) is 1. The van der Waals surface area contributed by atoms with Crippen molar-refractivity contribution in [1.82, 2.24) is 10.2 Å². The highest BCUT2D eigenvalue weighted by molar-refractivity contribution is 8.00. The van der Waals surface area contributed by atoms with Crippen LogP contribution in [-0.4, -0.2) is 74.3 Å². The van der Waals surface area contributed by atoms with Crippen LogP contribution in [0.2, 0.25) is 0 Å². The summed E-state index contributed by atoms with van der Waals surface area (Å²) in [5.74, 6) is 0.616. The molecule has 0 radical (unpaired) electrons. The molecule has 1 aliphatic heterocycles. The van der Waals surface area contributed by atoms with Crippen molar-refractivity contribution in [2.75, 3.05) is 57.6 Å². The minimum absolute atomic E-state index is 0.0703. The average Bonchev–Trinajstić information content (AvgIpc) is 2.47. The predicted molar refractivity (Wildman–Crippen MR) is 83.4 cm³/mol. The Balaban J connectivity index is 1.99. The van der Waals surface area contributed by atoms with E-state index in [0.717, 1.165) is 5.57 Å². The fourth-order valence-electron chi connectivity index (χ4n) is 1.70. The van der Waals surface area contributed by atoms with Crippen LogP contribution in [0.4, 0.5) is 0 Å². The van der Waals surface area contributed by atoms with Crippen molar-refractivity contribution < 1.29 is 19.1 Å². The van der Waals surface area contributed by atoms with Gasteiger partial charge in [0.25, 0.3) is 0 Å². The van der Waals surface area contributed by atoms with Crippen LogP contribution in [-0.2, 0) is 19.1 Å². The lowest BCUT2D eigenvalue weighted by atomic mass is 10.4. The first-order valence-corrected chi connectivity index (χ1v) is 8.17. The van der Waals surface area contributed by atoms with Crippen molar-refractivity contribution in [2.24, 2.45) is 0 Å². The molecule has 0 aromatic rings. The van der Waals surface area contributed by atoms with Crippen LogP contribution < -0.4 is 5.32 Å². The fourth-order valence-corrected chi connectivity index (χ4v) is 2.44. The van der Waals surface area contributed by atoms with Gasteiger partial charge in [-0.2, -0.15) is 0 Å². The molecule has 120 valence electrons. The van der Waals surface area contributed by atoms with E-state index in [-0.39, 0.29) is 17.6 Å². The number of morpholine rings is 1. The summed E-state index contributed by atoms with van der Waals surface area (Å²) >= 11 is 1.33. The highest BCUT2D eigenvalue weighted by Crippen LogP contribution is 2.04. The Kier molecular flexibility index (Phi) is 9.12. The van der Waals surface area contributed by atoms with Gasteiger partial charge in [-0.15, -0.1) is 11.8 Å². The zero-order chi connectivity index (χ0) is 15.5. The smallest absolute Gasteiger partial charge is 0.232 e. The molecule has 2 amide bonds. The normalized spacial score (nSPS) is 14.8. The molecule has 0 saturated carbocycles. The van der Waals surface area contributed by atoms with E-state index in [1.807, 2.05) is 6.92 Å². The number of carbonyl (C=O) groups is 2. The van der Waals surface area contributed by atoms with Crippen LogP contribution in [0.5, 0.6) is 0 Å². The molecule has 0 aromatic heterocycles. The molecule has 7 heteroatoms. The standard InChI is InChI=1S/C14H24N2O4S/c1-12(2)9-20-6-3-15-13(17)10-21-11-14(18)16-4-7-19-8-5-16/h1,3-11H2,2H3,(H,15,17). The first-order valence-electron chi connectivity index (χ1n) is 7.01. The van der Waals surface area contributed by atoms with Gasteiger partial charge in [-0.25, -0.2) is 0 Å². The maximum Gasteiger partial charge on any atom is 0.232 e. The lowest BCUT2D eigenvalue weighted by Gasteiger charge is -2.26. The average molecular weight is 316 g/mol. The van der Waals surface area contributed by atoms with Crippen LogP contribution in [0.15, 0.2) is 12.2 Å². The number of nitrogens with zero attached hydrogens (tertiary/aromatic N) is 1. The second kappa shape index (κ2) is 10.6. The number of carbonyl (C=O) groups excluding carboxylic acids is 2. The van der Waals surface area contributed by atoms with Crippen molar-refractivity contribution in [1.29, 1.82) is 0 Å². The summed E-state index contributed by atoms with van der Waals surface area (Å²) in [7, 11) is 0. The summed E-state index contributed by atoms with van der Waals surface area (Å²) in [5.41, 5.74) is 0.957. The van der Waals surface area contributed by atoms with E-state index in [2.05, 4.69) is 11.9 Å². The third-order valence-electron chi connectivity index (χ3n) is 2.74. The van der Waals surface area contributed by atoms with Gasteiger partial charge in [0.15, 0.2) is 0 Å². The molecule has 1 N–H and O–H groups in total. The molecular weight excluding hydrogens is 292 g/mol. The summed E-state index contributed by atoms with van der Waals surface area (Å²) in [6, 6.07) is 0. The second-order valence-electron chi connectivity index (χ2n) is 4.85. The molecule has 6 nitrogen and oxygen atoms in total. The van der Waals surface area contributed by atoms with Crippen molar-refractivity contribution in [2.45, 2.75) is 6.92 Å². The highest BCUT2D eigenvalue weighted by Gasteiger charge is 2.16. The van der Waals surface area contributed by atoms with Crippen LogP contribution in [0.3, 0.4) is 0 Å². The Morgan fingerprint density at radius 3 is 2.71 bits per heavy atom. The van der Waals surface area contributed by atoms with Crippen molar-refractivity contribution >= 4 is 23.6 Å². The van der Waals surface area contributed by atoms with E-state index in [1.165, 1.54) is 11.8 Å². The van der Waals surface area contributed by atoms with E-state index in [1.54, 1.807) is 4.90 Å². The summed E-state index contributed by atoms with van der Waals surface area (Å²) < 4.78 is 10.5. The molecule has 1 aliphatic rings. The molecule has 0 unspecified atom stereocenters. The molecule has 0 spiro atoms. The van der Waals surface area contributed by atoms with Crippen LogP contribution in [0.1, 0.15) is 6.92 Å². The van der Waals surface area contributed by atoms with Crippen LogP contribution in [0, 0.1) is 0 Å². The van der Waals surface area contributed by atoms with Crippen LogP contribution in [0.25, 0.3) is 0 Å². The van der Waals surface area contributed by atoms with Gasteiger partial charge in [0.2, 0.25) is 11.8 Å². The monoisotopic (exact) mass is 316 g/mol. The minimum atomic E-state index is -0.0753. The lowest BCUT2D eigenvalue weighted by Crippen LogP contribution is -2.41. The number of thioether (sulfide) groups is 1. The minimum Gasteiger partial charge on any atom is -0.378 e. The van der Waals surface area contributed by atoms with Crippen LogP contribution >= 0.6 is 11.8 Å². The topological polar surface area (TPSA) is 67.9 Å². The maximum atomic E-state index is 11.8. The Morgan fingerprint density at radius 2 is 2.05 bits per heavy atom.